The third-order valence-electron chi connectivity index (χ3n) is 3.33. The van der Waals surface area contributed by atoms with Crippen LogP contribution in [0, 0.1) is 5.41 Å². The van der Waals surface area contributed by atoms with Gasteiger partial charge in [-0.3, -0.25) is 5.41 Å². The summed E-state index contributed by atoms with van der Waals surface area (Å²) >= 11 is 0. The standard InChI is InChI=1S/C14H20N2O3/c1-17-11-8-10(9-12(18-2)14(11)19-3)16-7-5-4-6-13(16)15/h8-9,15H,4-7H2,1-3H3. The molecule has 2 rings (SSSR count). The highest BCUT2D eigenvalue weighted by atomic mass is 16.5. The van der Waals surface area contributed by atoms with Gasteiger partial charge < -0.3 is 19.1 Å². The lowest BCUT2D eigenvalue weighted by molar-refractivity contribution is 0.324. The second kappa shape index (κ2) is 5.82. The van der Waals surface area contributed by atoms with E-state index in [1.807, 2.05) is 17.0 Å². The summed E-state index contributed by atoms with van der Waals surface area (Å²) < 4.78 is 16.0. The van der Waals surface area contributed by atoms with Gasteiger partial charge in [0.05, 0.1) is 21.3 Å². The van der Waals surface area contributed by atoms with Gasteiger partial charge in [-0.25, -0.2) is 0 Å². The number of amidine groups is 1. The number of nitrogens with one attached hydrogen (secondary N) is 1. The molecule has 0 radical (unpaired) electrons. The third kappa shape index (κ3) is 2.59. The fourth-order valence-electron chi connectivity index (χ4n) is 2.34. The van der Waals surface area contributed by atoms with Gasteiger partial charge in [0.25, 0.3) is 0 Å². The Balaban J connectivity index is 2.43. The molecule has 5 heteroatoms. The van der Waals surface area contributed by atoms with Crippen LogP contribution < -0.4 is 19.1 Å². The second-order valence-electron chi connectivity index (χ2n) is 4.44. The maximum Gasteiger partial charge on any atom is 0.203 e. The highest BCUT2D eigenvalue weighted by Gasteiger charge is 2.21. The minimum atomic E-state index is 0.581. The van der Waals surface area contributed by atoms with Gasteiger partial charge in [0.2, 0.25) is 5.75 Å². The number of anilines is 1. The molecule has 0 spiro atoms. The van der Waals surface area contributed by atoms with E-state index in [4.69, 9.17) is 19.6 Å². The first-order chi connectivity index (χ1) is 9.21. The van der Waals surface area contributed by atoms with Gasteiger partial charge in [-0.05, 0) is 12.8 Å². The minimum absolute atomic E-state index is 0.581. The van der Waals surface area contributed by atoms with Crippen molar-refractivity contribution >= 4 is 11.5 Å². The van der Waals surface area contributed by atoms with Gasteiger partial charge in [0, 0.05) is 30.8 Å². The van der Waals surface area contributed by atoms with E-state index in [2.05, 4.69) is 0 Å². The van der Waals surface area contributed by atoms with Crippen LogP contribution in [0.2, 0.25) is 0 Å². The van der Waals surface area contributed by atoms with Crippen LogP contribution >= 0.6 is 0 Å². The van der Waals surface area contributed by atoms with E-state index in [9.17, 15) is 0 Å². The molecule has 5 nitrogen and oxygen atoms in total. The molecule has 1 aliphatic rings. The average Bonchev–Trinajstić information content (AvgIpc) is 2.46. The Morgan fingerprint density at radius 3 is 2.11 bits per heavy atom. The summed E-state index contributed by atoms with van der Waals surface area (Å²) in [4.78, 5) is 1.99. The number of methoxy groups -OCH3 is 3. The molecule has 104 valence electrons. The molecular formula is C14H20N2O3. The highest BCUT2D eigenvalue weighted by Crippen LogP contribution is 2.41. The zero-order chi connectivity index (χ0) is 13.8. The minimum Gasteiger partial charge on any atom is -0.493 e. The summed E-state index contributed by atoms with van der Waals surface area (Å²) in [6.07, 6.45) is 3.00. The Labute approximate surface area is 113 Å². The molecular weight excluding hydrogens is 244 g/mol. The van der Waals surface area contributed by atoms with Gasteiger partial charge in [-0.2, -0.15) is 0 Å². The molecule has 1 aliphatic heterocycles. The lowest BCUT2D eigenvalue weighted by Crippen LogP contribution is -2.34. The molecule has 1 heterocycles. The number of benzene rings is 1. The van der Waals surface area contributed by atoms with Crippen LogP contribution in [0.3, 0.4) is 0 Å². The number of piperidine rings is 1. The Hall–Kier alpha value is -1.91. The molecule has 0 amide bonds. The highest BCUT2D eigenvalue weighted by molar-refractivity contribution is 5.96. The fraction of sp³-hybridized carbons (Fsp3) is 0.500. The zero-order valence-corrected chi connectivity index (χ0v) is 11.7. The van der Waals surface area contributed by atoms with Crippen molar-refractivity contribution < 1.29 is 14.2 Å². The number of hydrogen-bond acceptors (Lipinski definition) is 4. The van der Waals surface area contributed by atoms with Crippen molar-refractivity contribution in [2.75, 3.05) is 32.8 Å². The predicted molar refractivity (Wildman–Crippen MR) is 75.0 cm³/mol. The number of hydrogen-bond donors (Lipinski definition) is 1. The maximum atomic E-state index is 8.05. The largest absolute Gasteiger partial charge is 0.493 e. The zero-order valence-electron chi connectivity index (χ0n) is 11.7. The molecule has 0 aliphatic carbocycles. The third-order valence-corrected chi connectivity index (χ3v) is 3.33. The molecule has 0 aromatic heterocycles. The lowest BCUT2D eigenvalue weighted by atomic mass is 10.1. The summed E-state index contributed by atoms with van der Waals surface area (Å²) in [7, 11) is 4.79. The number of ether oxygens (including phenoxy) is 3. The van der Waals surface area contributed by atoms with E-state index in [-0.39, 0.29) is 0 Å². The molecule has 0 atom stereocenters. The Kier molecular flexibility index (Phi) is 4.14. The topological polar surface area (TPSA) is 54.8 Å². The monoisotopic (exact) mass is 264 g/mol. The molecule has 1 fully saturated rings. The van der Waals surface area contributed by atoms with Crippen LogP contribution in [0.5, 0.6) is 17.2 Å². The van der Waals surface area contributed by atoms with Crippen molar-refractivity contribution in [1.82, 2.24) is 0 Å². The molecule has 1 N–H and O–H groups in total. The van der Waals surface area contributed by atoms with Crippen molar-refractivity contribution in [1.29, 1.82) is 5.41 Å². The van der Waals surface area contributed by atoms with E-state index < -0.39 is 0 Å². The molecule has 19 heavy (non-hydrogen) atoms. The molecule has 1 saturated heterocycles. The summed E-state index contributed by atoms with van der Waals surface area (Å²) in [5, 5.41) is 8.05. The van der Waals surface area contributed by atoms with E-state index >= 15 is 0 Å². The van der Waals surface area contributed by atoms with Crippen LogP contribution in [0.25, 0.3) is 0 Å². The number of nitrogens with zero attached hydrogens (tertiary/aromatic N) is 1. The molecule has 0 unspecified atom stereocenters. The van der Waals surface area contributed by atoms with Gasteiger partial charge in [0.15, 0.2) is 11.5 Å². The van der Waals surface area contributed by atoms with E-state index in [0.29, 0.717) is 23.1 Å². The first kappa shape index (κ1) is 13.5. The first-order valence-electron chi connectivity index (χ1n) is 6.36. The van der Waals surface area contributed by atoms with Gasteiger partial charge in [-0.1, -0.05) is 0 Å². The maximum absolute atomic E-state index is 8.05. The summed E-state index contributed by atoms with van der Waals surface area (Å²) in [6.45, 7) is 0.859. The van der Waals surface area contributed by atoms with Crippen LogP contribution in [-0.2, 0) is 0 Å². The normalized spacial score (nSPS) is 15.3. The Bertz CT molecular complexity index is 449. The van der Waals surface area contributed by atoms with Crippen molar-refractivity contribution in [2.24, 2.45) is 0 Å². The number of rotatable bonds is 4. The SMILES string of the molecule is COc1cc(N2CCCCC2=N)cc(OC)c1OC. The molecule has 1 aromatic carbocycles. The van der Waals surface area contributed by atoms with Crippen LogP contribution in [0.4, 0.5) is 5.69 Å². The van der Waals surface area contributed by atoms with E-state index in [1.165, 1.54) is 0 Å². The van der Waals surface area contributed by atoms with E-state index in [0.717, 1.165) is 31.5 Å². The summed E-state index contributed by atoms with van der Waals surface area (Å²) in [5.41, 5.74) is 0.916. The Morgan fingerprint density at radius 1 is 1.00 bits per heavy atom. The smallest absolute Gasteiger partial charge is 0.203 e. The summed E-state index contributed by atoms with van der Waals surface area (Å²) in [6, 6.07) is 3.78. The predicted octanol–water partition coefficient (Wildman–Crippen LogP) is 2.68. The molecule has 0 saturated carbocycles. The molecule has 1 aromatic rings. The summed E-state index contributed by atoms with van der Waals surface area (Å²) in [5.74, 6) is 2.46. The van der Waals surface area contributed by atoms with Gasteiger partial charge in [0.1, 0.15) is 5.84 Å². The van der Waals surface area contributed by atoms with E-state index in [1.54, 1.807) is 21.3 Å². The van der Waals surface area contributed by atoms with Crippen LogP contribution in [-0.4, -0.2) is 33.7 Å². The average molecular weight is 264 g/mol. The lowest BCUT2D eigenvalue weighted by Gasteiger charge is -2.30. The van der Waals surface area contributed by atoms with Gasteiger partial charge >= 0.3 is 0 Å². The quantitative estimate of drug-likeness (QED) is 0.908. The van der Waals surface area contributed by atoms with Crippen molar-refractivity contribution in [3.8, 4) is 17.2 Å². The van der Waals surface area contributed by atoms with Crippen molar-refractivity contribution in [3.63, 3.8) is 0 Å². The molecule has 0 bridgehead atoms. The second-order valence-corrected chi connectivity index (χ2v) is 4.44. The van der Waals surface area contributed by atoms with Crippen molar-refractivity contribution in [2.45, 2.75) is 19.3 Å². The Morgan fingerprint density at radius 2 is 1.63 bits per heavy atom. The van der Waals surface area contributed by atoms with Gasteiger partial charge in [-0.15, -0.1) is 0 Å². The first-order valence-corrected chi connectivity index (χ1v) is 6.36. The van der Waals surface area contributed by atoms with Crippen LogP contribution in [0.1, 0.15) is 19.3 Å². The van der Waals surface area contributed by atoms with Crippen LogP contribution in [0.15, 0.2) is 12.1 Å². The van der Waals surface area contributed by atoms with Crippen molar-refractivity contribution in [3.05, 3.63) is 12.1 Å². The fourth-order valence-corrected chi connectivity index (χ4v) is 2.34.